The standard InChI is InChI=1S/C19H24N4O3/c20-14-5-2-6-15(14)21-9-11-3-1-4-12-13(11)10-23(19(12)26)16-7-8-17(24)22-18(16)25/h1,3-4,14-16,21H,2,5-10,20H2,(H,22,24,25)/t14-,15+,16?/m0/s1. The van der Waals surface area contributed by atoms with Crippen LogP contribution in [0.5, 0.6) is 0 Å². The Morgan fingerprint density at radius 3 is 2.77 bits per heavy atom. The van der Waals surface area contributed by atoms with Gasteiger partial charge < -0.3 is 16.0 Å². The highest BCUT2D eigenvalue weighted by atomic mass is 16.2. The average Bonchev–Trinajstić information content (AvgIpc) is 3.17. The van der Waals surface area contributed by atoms with Crippen LogP contribution in [-0.4, -0.2) is 40.7 Å². The van der Waals surface area contributed by atoms with Crippen LogP contribution in [0.3, 0.4) is 0 Å². The van der Waals surface area contributed by atoms with Crippen molar-refractivity contribution >= 4 is 17.7 Å². The van der Waals surface area contributed by atoms with Crippen molar-refractivity contribution in [3.05, 3.63) is 34.9 Å². The Balaban J connectivity index is 1.50. The molecule has 7 nitrogen and oxygen atoms in total. The quantitative estimate of drug-likeness (QED) is 0.678. The molecule has 0 aromatic heterocycles. The van der Waals surface area contributed by atoms with Gasteiger partial charge in [0.25, 0.3) is 5.91 Å². The molecular formula is C19H24N4O3. The van der Waals surface area contributed by atoms with Crippen molar-refractivity contribution in [1.82, 2.24) is 15.5 Å². The number of benzene rings is 1. The lowest BCUT2D eigenvalue weighted by atomic mass is 10.0. The number of hydrogen-bond donors (Lipinski definition) is 3. The first kappa shape index (κ1) is 17.2. The van der Waals surface area contributed by atoms with Crippen molar-refractivity contribution in [3.8, 4) is 0 Å². The second-order valence-electron chi connectivity index (χ2n) is 7.43. The molecular weight excluding hydrogens is 332 g/mol. The minimum Gasteiger partial charge on any atom is -0.326 e. The summed E-state index contributed by atoms with van der Waals surface area (Å²) in [6.07, 6.45) is 3.93. The topological polar surface area (TPSA) is 105 Å². The van der Waals surface area contributed by atoms with Gasteiger partial charge in [-0.1, -0.05) is 18.6 Å². The van der Waals surface area contributed by atoms with Gasteiger partial charge in [-0.15, -0.1) is 0 Å². The Morgan fingerprint density at radius 2 is 2.04 bits per heavy atom. The van der Waals surface area contributed by atoms with Crippen molar-refractivity contribution < 1.29 is 14.4 Å². The average molecular weight is 356 g/mol. The van der Waals surface area contributed by atoms with E-state index in [1.807, 2.05) is 18.2 Å². The number of imide groups is 1. The molecule has 4 N–H and O–H groups in total. The van der Waals surface area contributed by atoms with Gasteiger partial charge in [-0.2, -0.15) is 0 Å². The van der Waals surface area contributed by atoms with Crippen molar-refractivity contribution in [1.29, 1.82) is 0 Å². The zero-order chi connectivity index (χ0) is 18.3. The summed E-state index contributed by atoms with van der Waals surface area (Å²) >= 11 is 0. The molecule has 0 bridgehead atoms. The molecule has 1 saturated carbocycles. The molecule has 3 amide bonds. The maximum Gasteiger partial charge on any atom is 0.255 e. The van der Waals surface area contributed by atoms with Crippen LogP contribution >= 0.6 is 0 Å². The monoisotopic (exact) mass is 356 g/mol. The normalized spacial score (nSPS) is 28.4. The number of hydrogen-bond acceptors (Lipinski definition) is 5. The smallest absolute Gasteiger partial charge is 0.255 e. The van der Waals surface area contributed by atoms with Crippen molar-refractivity contribution in [2.24, 2.45) is 5.73 Å². The van der Waals surface area contributed by atoms with E-state index in [1.54, 1.807) is 4.90 Å². The maximum absolute atomic E-state index is 12.8. The van der Waals surface area contributed by atoms with Crippen molar-refractivity contribution in [2.45, 2.75) is 63.3 Å². The summed E-state index contributed by atoms with van der Waals surface area (Å²) in [5.74, 6) is -0.777. The van der Waals surface area contributed by atoms with Gasteiger partial charge in [0, 0.05) is 37.2 Å². The lowest BCUT2D eigenvalue weighted by Crippen LogP contribution is -2.52. The van der Waals surface area contributed by atoms with Gasteiger partial charge in [0.1, 0.15) is 6.04 Å². The summed E-state index contributed by atoms with van der Waals surface area (Å²) in [6.45, 7) is 1.08. The Bertz CT molecular complexity index is 763. The van der Waals surface area contributed by atoms with Crippen LogP contribution in [0.2, 0.25) is 0 Å². The Morgan fingerprint density at radius 1 is 1.19 bits per heavy atom. The Labute approximate surface area is 152 Å². The molecule has 26 heavy (non-hydrogen) atoms. The third kappa shape index (κ3) is 3.01. The van der Waals surface area contributed by atoms with E-state index in [9.17, 15) is 14.4 Å². The molecule has 1 saturated heterocycles. The van der Waals surface area contributed by atoms with Crippen molar-refractivity contribution in [3.63, 3.8) is 0 Å². The van der Waals surface area contributed by atoms with Crippen LogP contribution in [0.25, 0.3) is 0 Å². The summed E-state index contributed by atoms with van der Waals surface area (Å²) in [4.78, 5) is 37.9. The predicted molar refractivity (Wildman–Crippen MR) is 94.9 cm³/mol. The number of nitrogens with two attached hydrogens (primary N) is 1. The molecule has 2 aliphatic heterocycles. The lowest BCUT2D eigenvalue weighted by Gasteiger charge is -2.29. The minimum atomic E-state index is -0.573. The van der Waals surface area contributed by atoms with Crippen molar-refractivity contribution in [2.75, 3.05) is 0 Å². The molecule has 4 rings (SSSR count). The summed E-state index contributed by atoms with van der Waals surface area (Å²) in [6, 6.07) is 5.65. The third-order valence-corrected chi connectivity index (χ3v) is 5.80. The van der Waals surface area contributed by atoms with Gasteiger partial charge in [0.15, 0.2) is 0 Å². The van der Waals surface area contributed by atoms with E-state index in [1.165, 1.54) is 0 Å². The maximum atomic E-state index is 12.8. The van der Waals surface area contributed by atoms with Crippen LogP contribution in [0.15, 0.2) is 18.2 Å². The fourth-order valence-corrected chi connectivity index (χ4v) is 4.30. The summed E-state index contributed by atoms with van der Waals surface area (Å²) in [5, 5.41) is 5.86. The first-order chi connectivity index (χ1) is 12.5. The molecule has 138 valence electrons. The Hall–Kier alpha value is -2.25. The second kappa shape index (κ2) is 6.81. The first-order valence-corrected chi connectivity index (χ1v) is 9.29. The van der Waals surface area contributed by atoms with Gasteiger partial charge in [-0.05, 0) is 36.5 Å². The number of amides is 3. The molecule has 2 fully saturated rings. The van der Waals surface area contributed by atoms with Gasteiger partial charge in [0.2, 0.25) is 11.8 Å². The number of fused-ring (bicyclic) bond motifs is 1. The molecule has 1 aliphatic carbocycles. The predicted octanol–water partition coefficient (Wildman–Crippen LogP) is 0.417. The van der Waals surface area contributed by atoms with Crippen LogP contribution < -0.4 is 16.4 Å². The van der Waals surface area contributed by atoms with E-state index in [0.29, 0.717) is 31.1 Å². The number of rotatable bonds is 4. The largest absolute Gasteiger partial charge is 0.326 e. The molecule has 3 aliphatic rings. The fourth-order valence-electron chi connectivity index (χ4n) is 4.30. The second-order valence-corrected chi connectivity index (χ2v) is 7.43. The van der Waals surface area contributed by atoms with E-state index >= 15 is 0 Å². The molecule has 1 aromatic carbocycles. The van der Waals surface area contributed by atoms with E-state index in [4.69, 9.17) is 5.73 Å². The lowest BCUT2D eigenvalue weighted by molar-refractivity contribution is -0.136. The zero-order valence-electron chi connectivity index (χ0n) is 14.7. The summed E-state index contributed by atoms with van der Waals surface area (Å²) < 4.78 is 0. The SMILES string of the molecule is N[C@H]1CCC[C@H]1NCc1cccc2c1CN(C1CCC(=O)NC1=O)C2=O. The molecule has 1 unspecified atom stereocenters. The highest BCUT2D eigenvalue weighted by Gasteiger charge is 2.39. The fraction of sp³-hybridized carbons (Fsp3) is 0.526. The van der Waals surface area contributed by atoms with Crippen LogP contribution in [0, 0.1) is 0 Å². The highest BCUT2D eigenvalue weighted by molar-refractivity contribution is 6.05. The number of carbonyl (C=O) groups is 3. The molecule has 0 radical (unpaired) electrons. The minimum absolute atomic E-state index is 0.131. The molecule has 0 spiro atoms. The van der Waals surface area contributed by atoms with E-state index in [0.717, 1.165) is 30.4 Å². The molecule has 2 heterocycles. The van der Waals surface area contributed by atoms with Gasteiger partial charge in [0.05, 0.1) is 0 Å². The summed E-state index contributed by atoms with van der Waals surface area (Å²) in [5.41, 5.74) is 8.83. The van der Waals surface area contributed by atoms with Crippen LogP contribution in [-0.2, 0) is 22.7 Å². The van der Waals surface area contributed by atoms with Gasteiger partial charge in [-0.25, -0.2) is 0 Å². The molecule has 1 aromatic rings. The highest BCUT2D eigenvalue weighted by Crippen LogP contribution is 2.30. The number of piperidine rings is 1. The van der Waals surface area contributed by atoms with Gasteiger partial charge in [-0.3, -0.25) is 19.7 Å². The van der Waals surface area contributed by atoms with E-state index in [-0.39, 0.29) is 30.2 Å². The zero-order valence-corrected chi connectivity index (χ0v) is 14.7. The van der Waals surface area contributed by atoms with Crippen LogP contribution in [0.4, 0.5) is 0 Å². The van der Waals surface area contributed by atoms with E-state index < -0.39 is 6.04 Å². The molecule has 3 atom stereocenters. The number of nitrogens with one attached hydrogen (secondary N) is 2. The number of carbonyl (C=O) groups excluding carboxylic acids is 3. The third-order valence-electron chi connectivity index (χ3n) is 5.80. The van der Waals surface area contributed by atoms with E-state index in [2.05, 4.69) is 10.6 Å². The summed E-state index contributed by atoms with van der Waals surface area (Å²) in [7, 11) is 0. The molecule has 7 heteroatoms. The Kier molecular flexibility index (Phi) is 4.50. The number of nitrogens with zero attached hydrogens (tertiary/aromatic N) is 1. The van der Waals surface area contributed by atoms with Crippen LogP contribution in [0.1, 0.15) is 53.6 Å². The first-order valence-electron chi connectivity index (χ1n) is 9.29. The van der Waals surface area contributed by atoms with Gasteiger partial charge >= 0.3 is 0 Å².